The number of nitrogens with zero attached hydrogens (tertiary/aromatic N) is 3. The van der Waals surface area contributed by atoms with E-state index >= 15 is 0 Å². The lowest BCUT2D eigenvalue weighted by atomic mass is 9.88. The Morgan fingerprint density at radius 2 is 1.06 bits per heavy atom. The first-order chi connectivity index (χ1) is 25.3. The van der Waals surface area contributed by atoms with Crippen molar-refractivity contribution >= 4 is 43.5 Å². The van der Waals surface area contributed by atoms with Crippen molar-refractivity contribution < 1.29 is 4.42 Å². The van der Waals surface area contributed by atoms with Gasteiger partial charge in [-0.3, -0.25) is 0 Å². The van der Waals surface area contributed by atoms with Crippen LogP contribution in [-0.2, 0) is 0 Å². The van der Waals surface area contributed by atoms with Crippen LogP contribution in [0.4, 0.5) is 0 Å². The molecule has 0 saturated heterocycles. The molecule has 1 fully saturated rings. The molecule has 0 radical (unpaired) electrons. The molecule has 0 unspecified atom stereocenters. The summed E-state index contributed by atoms with van der Waals surface area (Å²) >= 11 is 0. The van der Waals surface area contributed by atoms with Crippen LogP contribution >= 0.6 is 0 Å². The highest BCUT2D eigenvalue weighted by atomic mass is 16.3. The van der Waals surface area contributed by atoms with Crippen LogP contribution in [0, 0.1) is 0 Å². The Morgan fingerprint density at radius 1 is 0.412 bits per heavy atom. The number of aromatic nitrogens is 3. The van der Waals surface area contributed by atoms with E-state index in [1.807, 2.05) is 18.2 Å². The molecule has 2 heterocycles. The van der Waals surface area contributed by atoms with Crippen LogP contribution in [-0.4, -0.2) is 15.0 Å². The summed E-state index contributed by atoms with van der Waals surface area (Å²) in [6.07, 6.45) is 5.94. The smallest absolute Gasteiger partial charge is 0.163 e. The Labute approximate surface area is 296 Å². The quantitative estimate of drug-likeness (QED) is 0.185. The van der Waals surface area contributed by atoms with E-state index in [2.05, 4.69) is 127 Å². The molecule has 7 aromatic carbocycles. The van der Waals surface area contributed by atoms with Crippen LogP contribution in [0.5, 0.6) is 0 Å². The maximum absolute atomic E-state index is 6.87. The van der Waals surface area contributed by atoms with Gasteiger partial charge in [0.1, 0.15) is 17.0 Å². The fraction of sp³-hybridized carbons (Fsp3) is 0.128. The van der Waals surface area contributed by atoms with Crippen LogP contribution in [0.2, 0.25) is 0 Å². The molecule has 10 rings (SSSR count). The highest BCUT2D eigenvalue weighted by Crippen LogP contribution is 2.42. The number of rotatable bonds is 5. The molecule has 2 aromatic heterocycles. The summed E-state index contributed by atoms with van der Waals surface area (Å²) in [5, 5.41) is 6.90. The minimum absolute atomic E-state index is 0.342. The van der Waals surface area contributed by atoms with E-state index in [4.69, 9.17) is 19.4 Å². The summed E-state index contributed by atoms with van der Waals surface area (Å²) in [4.78, 5) is 15.5. The van der Waals surface area contributed by atoms with E-state index in [9.17, 15) is 0 Å². The van der Waals surface area contributed by atoms with Gasteiger partial charge in [0, 0.05) is 38.8 Å². The average molecular weight is 658 g/mol. The van der Waals surface area contributed by atoms with E-state index in [1.54, 1.807) is 0 Å². The van der Waals surface area contributed by atoms with Crippen LogP contribution in [0.25, 0.3) is 88.5 Å². The lowest BCUT2D eigenvalue weighted by Crippen LogP contribution is -2.11. The van der Waals surface area contributed by atoms with Crippen molar-refractivity contribution in [1.29, 1.82) is 0 Å². The number of fused-ring (bicyclic) bond motifs is 6. The highest BCUT2D eigenvalue weighted by molar-refractivity contribution is 6.18. The first-order valence-electron chi connectivity index (χ1n) is 18.1. The van der Waals surface area contributed by atoms with Crippen molar-refractivity contribution in [1.82, 2.24) is 15.0 Å². The fourth-order valence-electron chi connectivity index (χ4n) is 8.04. The zero-order chi connectivity index (χ0) is 33.7. The Morgan fingerprint density at radius 3 is 1.84 bits per heavy atom. The maximum Gasteiger partial charge on any atom is 0.163 e. The third kappa shape index (κ3) is 5.26. The Bertz CT molecular complexity index is 2720. The number of hydrogen-bond acceptors (Lipinski definition) is 4. The van der Waals surface area contributed by atoms with E-state index in [0.717, 1.165) is 79.5 Å². The van der Waals surface area contributed by atoms with Crippen LogP contribution in [0.3, 0.4) is 0 Å². The van der Waals surface area contributed by atoms with Crippen molar-refractivity contribution in [2.24, 2.45) is 0 Å². The summed E-state index contributed by atoms with van der Waals surface area (Å²) < 4.78 is 6.87. The summed E-state index contributed by atoms with van der Waals surface area (Å²) in [7, 11) is 0. The molecule has 4 nitrogen and oxygen atoms in total. The van der Waals surface area contributed by atoms with Crippen molar-refractivity contribution in [2.45, 2.75) is 38.0 Å². The molecule has 0 amide bonds. The van der Waals surface area contributed by atoms with Gasteiger partial charge in [0.25, 0.3) is 0 Å². The minimum Gasteiger partial charge on any atom is -0.455 e. The Hall–Kier alpha value is -6.13. The van der Waals surface area contributed by atoms with Gasteiger partial charge in [-0.25, -0.2) is 15.0 Å². The molecule has 244 valence electrons. The Kier molecular flexibility index (Phi) is 7.19. The van der Waals surface area contributed by atoms with Gasteiger partial charge in [0.2, 0.25) is 0 Å². The van der Waals surface area contributed by atoms with Gasteiger partial charge in [-0.15, -0.1) is 0 Å². The maximum atomic E-state index is 6.87. The minimum atomic E-state index is 0.342. The summed E-state index contributed by atoms with van der Waals surface area (Å²) in [5.41, 5.74) is 8.24. The zero-order valence-corrected chi connectivity index (χ0v) is 28.2. The van der Waals surface area contributed by atoms with Gasteiger partial charge < -0.3 is 4.42 Å². The first-order valence-corrected chi connectivity index (χ1v) is 18.1. The predicted octanol–water partition coefficient (Wildman–Crippen LogP) is 12.8. The van der Waals surface area contributed by atoms with E-state index in [0.29, 0.717) is 11.7 Å². The second kappa shape index (κ2) is 12.3. The third-order valence-corrected chi connectivity index (χ3v) is 10.7. The highest BCUT2D eigenvalue weighted by Gasteiger charge is 2.23. The molecule has 0 bridgehead atoms. The van der Waals surface area contributed by atoms with E-state index in [-0.39, 0.29) is 0 Å². The first kappa shape index (κ1) is 29.8. The van der Waals surface area contributed by atoms with E-state index in [1.165, 1.54) is 41.2 Å². The van der Waals surface area contributed by atoms with Crippen LogP contribution < -0.4 is 0 Å². The monoisotopic (exact) mass is 657 g/mol. The second-order valence-electron chi connectivity index (χ2n) is 13.8. The predicted molar refractivity (Wildman–Crippen MR) is 210 cm³/mol. The van der Waals surface area contributed by atoms with E-state index < -0.39 is 0 Å². The number of hydrogen-bond donors (Lipinski definition) is 0. The molecular formula is C47H35N3O. The van der Waals surface area contributed by atoms with Gasteiger partial charge in [-0.1, -0.05) is 147 Å². The molecule has 0 N–H and O–H groups in total. The second-order valence-corrected chi connectivity index (χ2v) is 13.8. The van der Waals surface area contributed by atoms with Gasteiger partial charge in [-0.05, 0) is 63.9 Å². The molecule has 0 aliphatic heterocycles. The average Bonchev–Trinajstić information content (AvgIpc) is 3.60. The molecular weight excluding hydrogens is 623 g/mol. The van der Waals surface area contributed by atoms with Crippen LogP contribution in [0.15, 0.2) is 150 Å². The van der Waals surface area contributed by atoms with Crippen molar-refractivity contribution in [2.75, 3.05) is 0 Å². The molecule has 51 heavy (non-hydrogen) atoms. The normalized spacial score (nSPS) is 13.8. The van der Waals surface area contributed by atoms with Crippen LogP contribution in [0.1, 0.15) is 43.8 Å². The van der Waals surface area contributed by atoms with Crippen molar-refractivity contribution in [3.05, 3.63) is 151 Å². The van der Waals surface area contributed by atoms with Gasteiger partial charge in [-0.2, -0.15) is 0 Å². The van der Waals surface area contributed by atoms with Crippen molar-refractivity contribution in [3.8, 4) is 45.0 Å². The fourth-order valence-corrected chi connectivity index (χ4v) is 8.04. The molecule has 1 aliphatic carbocycles. The lowest BCUT2D eigenvalue weighted by Gasteiger charge is -2.21. The standard InChI is InChI=1S/C47H35N3O/c1-3-14-34(15-4-1)45-48-46(35-16-5-2-6-17-35)50-47(49-45)36-28-41(44-42(29-36)40-27-26-31-13-8-10-20-39(31)43(40)51-44)33-24-22-32(23-25-33)38-21-11-18-30-12-7-9-19-37(30)38/h1,3-4,7-15,18-29,35H,2,5-6,16-17H2. The van der Waals surface area contributed by atoms with Gasteiger partial charge in [0.15, 0.2) is 11.6 Å². The summed E-state index contributed by atoms with van der Waals surface area (Å²) in [5.74, 6) is 2.68. The largest absolute Gasteiger partial charge is 0.455 e. The summed E-state index contributed by atoms with van der Waals surface area (Å²) in [6.45, 7) is 0. The molecule has 0 atom stereocenters. The molecule has 1 aliphatic rings. The SMILES string of the molecule is c1ccc(-c2nc(-c3cc(-c4ccc(-c5cccc6ccccc56)cc4)c4oc5c6ccccc6ccc5c4c3)nc(C3CCCCC3)n2)cc1. The molecule has 9 aromatic rings. The topological polar surface area (TPSA) is 51.8 Å². The van der Waals surface area contributed by atoms with Gasteiger partial charge >= 0.3 is 0 Å². The third-order valence-electron chi connectivity index (χ3n) is 10.7. The van der Waals surface area contributed by atoms with Gasteiger partial charge in [0.05, 0.1) is 0 Å². The molecule has 4 heteroatoms. The molecule has 0 spiro atoms. The Balaban J connectivity index is 1.19. The summed E-state index contributed by atoms with van der Waals surface area (Å²) in [6, 6.07) is 51.6. The lowest BCUT2D eigenvalue weighted by molar-refractivity contribution is 0.428. The number of benzene rings is 7. The van der Waals surface area contributed by atoms with Crippen molar-refractivity contribution in [3.63, 3.8) is 0 Å². The zero-order valence-electron chi connectivity index (χ0n) is 28.2. The molecule has 1 saturated carbocycles. The number of furan rings is 1.